The van der Waals surface area contributed by atoms with Gasteiger partial charge < -0.3 is 20.5 Å². The Bertz CT molecular complexity index is 826. The molecule has 3 N–H and O–H groups in total. The Hall–Kier alpha value is -2.90. The van der Waals surface area contributed by atoms with Crippen molar-refractivity contribution in [3.8, 4) is 0 Å². The summed E-state index contributed by atoms with van der Waals surface area (Å²) in [5.41, 5.74) is 1.24. The van der Waals surface area contributed by atoms with Crippen LogP contribution in [0.5, 0.6) is 0 Å². The van der Waals surface area contributed by atoms with E-state index >= 15 is 0 Å². The summed E-state index contributed by atoms with van der Waals surface area (Å²) in [6.45, 7) is 4.51. The highest BCUT2D eigenvalue weighted by molar-refractivity contribution is 5.95. The van der Waals surface area contributed by atoms with Gasteiger partial charge in [-0.05, 0) is 43.5 Å². The molecule has 1 aliphatic carbocycles. The van der Waals surface area contributed by atoms with Crippen LogP contribution in [-0.4, -0.2) is 34.7 Å². The van der Waals surface area contributed by atoms with Crippen LogP contribution in [0.15, 0.2) is 28.8 Å². The fraction of sp³-hybridized carbons (Fsp3) is 0.545. The van der Waals surface area contributed by atoms with Crippen LogP contribution in [0.4, 0.5) is 10.5 Å². The lowest BCUT2D eigenvalue weighted by atomic mass is 9.95. The lowest BCUT2D eigenvalue weighted by Gasteiger charge is -2.22. The second-order valence-electron chi connectivity index (χ2n) is 8.07. The SMILES string of the molecule is CC(C)c1noc(CCCNC(=O)Nc2ccc(C(=O)NC3CCCCC3)cc2)n1. The molecule has 1 heterocycles. The van der Waals surface area contributed by atoms with Crippen molar-refractivity contribution in [1.29, 1.82) is 0 Å². The van der Waals surface area contributed by atoms with E-state index in [0.29, 0.717) is 42.4 Å². The van der Waals surface area contributed by atoms with Crippen molar-refractivity contribution in [1.82, 2.24) is 20.8 Å². The molecule has 3 amide bonds. The second kappa shape index (κ2) is 10.8. The molecule has 8 nitrogen and oxygen atoms in total. The van der Waals surface area contributed by atoms with Crippen LogP contribution < -0.4 is 16.0 Å². The van der Waals surface area contributed by atoms with E-state index in [9.17, 15) is 9.59 Å². The Balaban J connectivity index is 1.36. The van der Waals surface area contributed by atoms with E-state index in [4.69, 9.17) is 4.52 Å². The minimum Gasteiger partial charge on any atom is -0.349 e. The maximum Gasteiger partial charge on any atom is 0.319 e. The molecule has 8 heteroatoms. The fourth-order valence-corrected chi connectivity index (χ4v) is 3.44. The first-order valence-electron chi connectivity index (χ1n) is 10.8. The van der Waals surface area contributed by atoms with Crippen LogP contribution in [-0.2, 0) is 6.42 Å². The number of carbonyl (C=O) groups is 2. The summed E-state index contributed by atoms with van der Waals surface area (Å²) >= 11 is 0. The average Bonchev–Trinajstić information content (AvgIpc) is 3.22. The van der Waals surface area contributed by atoms with E-state index < -0.39 is 0 Å². The van der Waals surface area contributed by atoms with Crippen molar-refractivity contribution in [2.75, 3.05) is 11.9 Å². The third-order valence-electron chi connectivity index (χ3n) is 5.20. The van der Waals surface area contributed by atoms with Crippen LogP contribution in [0, 0.1) is 0 Å². The number of benzene rings is 1. The van der Waals surface area contributed by atoms with Crippen LogP contribution in [0.1, 0.15) is 80.4 Å². The Morgan fingerprint density at radius 2 is 1.87 bits per heavy atom. The van der Waals surface area contributed by atoms with Crippen molar-refractivity contribution in [3.05, 3.63) is 41.5 Å². The number of rotatable bonds is 8. The number of hydrogen-bond donors (Lipinski definition) is 3. The zero-order chi connectivity index (χ0) is 21.3. The van der Waals surface area contributed by atoms with Crippen LogP contribution in [0.3, 0.4) is 0 Å². The Labute approximate surface area is 177 Å². The van der Waals surface area contributed by atoms with E-state index in [1.807, 2.05) is 13.8 Å². The van der Waals surface area contributed by atoms with Crippen molar-refractivity contribution >= 4 is 17.6 Å². The van der Waals surface area contributed by atoms with Gasteiger partial charge in [0.15, 0.2) is 5.82 Å². The summed E-state index contributed by atoms with van der Waals surface area (Å²) < 4.78 is 5.18. The molecule has 1 aromatic carbocycles. The van der Waals surface area contributed by atoms with E-state index in [-0.39, 0.29) is 23.9 Å². The average molecular weight is 414 g/mol. The van der Waals surface area contributed by atoms with Crippen molar-refractivity contribution < 1.29 is 14.1 Å². The van der Waals surface area contributed by atoms with Gasteiger partial charge in [-0.25, -0.2) is 4.79 Å². The molecule has 162 valence electrons. The highest BCUT2D eigenvalue weighted by atomic mass is 16.5. The molecule has 0 aliphatic heterocycles. The highest BCUT2D eigenvalue weighted by Crippen LogP contribution is 2.18. The maximum absolute atomic E-state index is 12.3. The quantitative estimate of drug-likeness (QED) is 0.567. The molecule has 0 unspecified atom stereocenters. The predicted molar refractivity (Wildman–Crippen MR) is 115 cm³/mol. The predicted octanol–water partition coefficient (Wildman–Crippen LogP) is 4.01. The molecule has 1 saturated carbocycles. The number of hydrogen-bond acceptors (Lipinski definition) is 5. The molecule has 0 radical (unpaired) electrons. The van der Waals surface area contributed by atoms with Gasteiger partial charge in [0.05, 0.1) is 0 Å². The lowest BCUT2D eigenvalue weighted by molar-refractivity contribution is 0.0927. The Morgan fingerprint density at radius 3 is 2.53 bits per heavy atom. The summed E-state index contributed by atoms with van der Waals surface area (Å²) in [5.74, 6) is 1.46. The van der Waals surface area contributed by atoms with Gasteiger partial charge in [0.25, 0.3) is 5.91 Å². The molecule has 1 aliphatic rings. The molecular formula is C22H31N5O3. The summed E-state index contributed by atoms with van der Waals surface area (Å²) in [7, 11) is 0. The van der Waals surface area contributed by atoms with E-state index in [0.717, 1.165) is 12.8 Å². The van der Waals surface area contributed by atoms with Crippen molar-refractivity contribution in [3.63, 3.8) is 0 Å². The number of amides is 3. The number of nitrogens with zero attached hydrogens (tertiary/aromatic N) is 2. The zero-order valence-corrected chi connectivity index (χ0v) is 17.7. The monoisotopic (exact) mass is 413 g/mol. The molecule has 0 bridgehead atoms. The number of aryl methyl sites for hydroxylation is 1. The lowest BCUT2D eigenvalue weighted by Crippen LogP contribution is -2.36. The van der Waals surface area contributed by atoms with E-state index in [1.165, 1.54) is 19.3 Å². The van der Waals surface area contributed by atoms with Crippen molar-refractivity contribution in [2.45, 2.75) is 70.8 Å². The third kappa shape index (κ3) is 6.57. The molecule has 3 rings (SSSR count). The molecule has 1 fully saturated rings. The molecule has 0 atom stereocenters. The first-order chi connectivity index (χ1) is 14.5. The van der Waals surface area contributed by atoms with Crippen LogP contribution in [0.25, 0.3) is 0 Å². The van der Waals surface area contributed by atoms with Gasteiger partial charge in [0.2, 0.25) is 5.89 Å². The van der Waals surface area contributed by atoms with Gasteiger partial charge in [-0.15, -0.1) is 0 Å². The minimum atomic E-state index is -0.289. The van der Waals surface area contributed by atoms with E-state index in [1.54, 1.807) is 24.3 Å². The first kappa shape index (κ1) is 21.8. The molecular weight excluding hydrogens is 382 g/mol. The summed E-state index contributed by atoms with van der Waals surface area (Å²) in [4.78, 5) is 28.7. The molecule has 0 saturated heterocycles. The largest absolute Gasteiger partial charge is 0.349 e. The second-order valence-corrected chi connectivity index (χ2v) is 8.07. The van der Waals surface area contributed by atoms with Gasteiger partial charge >= 0.3 is 6.03 Å². The van der Waals surface area contributed by atoms with Crippen LogP contribution in [0.2, 0.25) is 0 Å². The maximum atomic E-state index is 12.3. The topological polar surface area (TPSA) is 109 Å². The van der Waals surface area contributed by atoms with Crippen molar-refractivity contribution in [2.24, 2.45) is 0 Å². The van der Waals surface area contributed by atoms with Gasteiger partial charge in [-0.2, -0.15) is 4.98 Å². The normalized spacial score (nSPS) is 14.5. The van der Waals surface area contributed by atoms with Gasteiger partial charge in [0, 0.05) is 36.2 Å². The number of aromatic nitrogens is 2. The Morgan fingerprint density at radius 1 is 1.13 bits per heavy atom. The standard InChI is InChI=1S/C22H31N5O3/c1-15(2)20-26-19(30-27-20)9-6-14-23-22(29)25-18-12-10-16(11-13-18)21(28)24-17-7-4-3-5-8-17/h10-13,15,17H,3-9,14H2,1-2H3,(H,24,28)(H2,23,25,29). The summed E-state index contributed by atoms with van der Waals surface area (Å²) in [5, 5.41) is 12.6. The molecule has 0 spiro atoms. The molecule has 1 aromatic heterocycles. The van der Waals surface area contributed by atoms with Gasteiger partial charge in [0.1, 0.15) is 0 Å². The van der Waals surface area contributed by atoms with Gasteiger partial charge in [-0.3, -0.25) is 4.79 Å². The molecule has 30 heavy (non-hydrogen) atoms. The number of nitrogens with one attached hydrogen (secondary N) is 3. The number of carbonyl (C=O) groups excluding carboxylic acids is 2. The summed E-state index contributed by atoms with van der Waals surface area (Å²) in [6, 6.07) is 6.93. The van der Waals surface area contributed by atoms with E-state index in [2.05, 4.69) is 26.1 Å². The smallest absolute Gasteiger partial charge is 0.319 e. The first-order valence-corrected chi connectivity index (χ1v) is 10.8. The minimum absolute atomic E-state index is 0.0560. The fourth-order valence-electron chi connectivity index (χ4n) is 3.44. The van der Waals surface area contributed by atoms with Crippen LogP contribution >= 0.6 is 0 Å². The zero-order valence-electron chi connectivity index (χ0n) is 17.7. The highest BCUT2D eigenvalue weighted by Gasteiger charge is 2.16. The number of anilines is 1. The van der Waals surface area contributed by atoms with Gasteiger partial charge in [-0.1, -0.05) is 38.3 Å². The molecule has 2 aromatic rings. The number of urea groups is 1. The Kier molecular flexibility index (Phi) is 7.82. The third-order valence-corrected chi connectivity index (χ3v) is 5.20. The summed E-state index contributed by atoms with van der Waals surface area (Å²) in [6.07, 6.45) is 7.03.